The Labute approximate surface area is 125 Å². The summed E-state index contributed by atoms with van der Waals surface area (Å²) in [7, 11) is 0. The summed E-state index contributed by atoms with van der Waals surface area (Å²) in [5.74, 6) is 0. The second-order valence-electron chi connectivity index (χ2n) is 6.27. The first-order valence-corrected chi connectivity index (χ1v) is 7.89. The summed E-state index contributed by atoms with van der Waals surface area (Å²) in [6.45, 7) is 6.65. The molecule has 0 saturated carbocycles. The van der Waals surface area contributed by atoms with Crippen molar-refractivity contribution in [2.45, 2.75) is 50.7 Å². The molecule has 1 fully saturated rings. The monoisotopic (exact) mass is 296 g/mol. The summed E-state index contributed by atoms with van der Waals surface area (Å²) < 4.78 is 0.00516. The smallest absolute Gasteiger partial charge is 0.253 e. The van der Waals surface area contributed by atoms with Crippen LogP contribution in [0.3, 0.4) is 0 Å². The predicted octanol–water partition coefficient (Wildman–Crippen LogP) is 2.17. The first kappa shape index (κ1) is 15.4. The number of nitrogens with one attached hydrogen (secondary N) is 1. The van der Waals surface area contributed by atoms with Crippen LogP contribution in [0.15, 0.2) is 9.59 Å². The van der Waals surface area contributed by atoms with Crippen LogP contribution in [0.4, 0.5) is 11.4 Å². The molecule has 0 bridgehead atoms. The molecular weight excluding hydrogens is 272 g/mol. The Hall–Kier alpha value is -0.970. The minimum Gasteiger partial charge on any atom is -0.380 e. The molecule has 20 heavy (non-hydrogen) atoms. The molecule has 112 valence electrons. The summed E-state index contributed by atoms with van der Waals surface area (Å²) in [6.07, 6.45) is 5.33. The molecule has 4 nitrogen and oxygen atoms in total. The first-order valence-electron chi connectivity index (χ1n) is 7.45. The Morgan fingerprint density at radius 2 is 1.80 bits per heavy atom. The molecule has 1 aliphatic rings. The Bertz CT molecular complexity index is 521. The molecule has 0 aromatic heterocycles. The standard InChI is InChI=1S/C15H24N2O2S/c1-15(2,20)7-6-8-16-11-12(14(19)13(11)18)17-9-4-3-5-10-17/h16,20H,3-10H2,1-2H3. The van der Waals surface area contributed by atoms with Crippen LogP contribution in [0.2, 0.25) is 0 Å². The van der Waals surface area contributed by atoms with E-state index in [1.54, 1.807) is 0 Å². The minimum atomic E-state index is -0.351. The predicted molar refractivity (Wildman–Crippen MR) is 88.2 cm³/mol. The van der Waals surface area contributed by atoms with Crippen LogP contribution >= 0.6 is 12.6 Å². The third-order valence-corrected chi connectivity index (χ3v) is 4.05. The Morgan fingerprint density at radius 1 is 1.15 bits per heavy atom. The zero-order valence-corrected chi connectivity index (χ0v) is 13.3. The highest BCUT2D eigenvalue weighted by molar-refractivity contribution is 7.81. The zero-order chi connectivity index (χ0) is 14.8. The summed E-state index contributed by atoms with van der Waals surface area (Å²) in [5, 5.41) is 3.15. The fraction of sp³-hybridized carbons (Fsp3) is 0.733. The molecule has 1 heterocycles. The zero-order valence-electron chi connectivity index (χ0n) is 12.4. The first-order chi connectivity index (χ1) is 9.40. The van der Waals surface area contributed by atoms with Crippen molar-refractivity contribution < 1.29 is 0 Å². The van der Waals surface area contributed by atoms with Crippen LogP contribution in [0, 0.1) is 0 Å². The Kier molecular flexibility index (Phi) is 4.78. The molecule has 5 heteroatoms. The van der Waals surface area contributed by atoms with E-state index in [9.17, 15) is 9.59 Å². The molecule has 0 radical (unpaired) electrons. The molecule has 0 aliphatic carbocycles. The lowest BCUT2D eigenvalue weighted by Gasteiger charge is -2.31. The van der Waals surface area contributed by atoms with Gasteiger partial charge in [-0.15, -0.1) is 0 Å². The fourth-order valence-corrected chi connectivity index (χ4v) is 2.86. The Balaban J connectivity index is 1.93. The second-order valence-corrected chi connectivity index (χ2v) is 7.48. The van der Waals surface area contributed by atoms with E-state index in [2.05, 4.69) is 36.7 Å². The molecule has 1 aliphatic heterocycles. The maximum absolute atomic E-state index is 11.8. The van der Waals surface area contributed by atoms with E-state index in [1.165, 1.54) is 6.42 Å². The summed E-state index contributed by atoms with van der Waals surface area (Å²) >= 11 is 4.48. The SMILES string of the molecule is CC(C)(S)CCCNc1c(N2CCCCC2)c(=O)c1=O. The summed E-state index contributed by atoms with van der Waals surface area (Å²) in [5.41, 5.74) is 0.494. The van der Waals surface area contributed by atoms with Gasteiger partial charge in [-0.2, -0.15) is 12.6 Å². The lowest BCUT2D eigenvalue weighted by molar-refractivity contribution is 0.575. The summed E-state index contributed by atoms with van der Waals surface area (Å²) in [4.78, 5) is 25.5. The van der Waals surface area contributed by atoms with Crippen molar-refractivity contribution >= 4 is 24.0 Å². The van der Waals surface area contributed by atoms with Crippen LogP contribution in [-0.2, 0) is 0 Å². The fourth-order valence-electron chi connectivity index (χ4n) is 2.70. The van der Waals surface area contributed by atoms with E-state index >= 15 is 0 Å². The molecule has 0 atom stereocenters. The third kappa shape index (κ3) is 3.57. The average Bonchev–Trinajstić information content (AvgIpc) is 2.41. The van der Waals surface area contributed by atoms with Crippen LogP contribution in [0.1, 0.15) is 46.0 Å². The topological polar surface area (TPSA) is 49.4 Å². The van der Waals surface area contributed by atoms with Gasteiger partial charge in [-0.1, -0.05) is 13.8 Å². The highest BCUT2D eigenvalue weighted by Crippen LogP contribution is 2.24. The van der Waals surface area contributed by atoms with E-state index < -0.39 is 0 Å². The maximum atomic E-state index is 11.8. The Morgan fingerprint density at radius 3 is 2.40 bits per heavy atom. The van der Waals surface area contributed by atoms with Crippen LogP contribution in [0.25, 0.3) is 0 Å². The minimum absolute atomic E-state index is 0.00516. The van der Waals surface area contributed by atoms with Crippen molar-refractivity contribution in [3.8, 4) is 0 Å². The number of nitrogens with zero attached hydrogens (tertiary/aromatic N) is 1. The summed E-state index contributed by atoms with van der Waals surface area (Å²) in [6, 6.07) is 0. The lowest BCUT2D eigenvalue weighted by Crippen LogP contribution is -2.44. The molecule has 0 amide bonds. The van der Waals surface area contributed by atoms with E-state index in [4.69, 9.17) is 0 Å². The van der Waals surface area contributed by atoms with Gasteiger partial charge in [-0.05, 0) is 32.1 Å². The van der Waals surface area contributed by atoms with Gasteiger partial charge in [0.1, 0.15) is 11.4 Å². The highest BCUT2D eigenvalue weighted by atomic mass is 32.1. The highest BCUT2D eigenvalue weighted by Gasteiger charge is 2.26. The molecule has 1 aromatic rings. The van der Waals surface area contributed by atoms with Crippen molar-refractivity contribution in [2.24, 2.45) is 0 Å². The van der Waals surface area contributed by atoms with Crippen molar-refractivity contribution in [1.29, 1.82) is 0 Å². The number of hydrogen-bond donors (Lipinski definition) is 2. The molecule has 1 saturated heterocycles. The number of thiol groups is 1. The number of anilines is 2. The lowest BCUT2D eigenvalue weighted by atomic mass is 10.1. The van der Waals surface area contributed by atoms with Gasteiger partial charge in [0.05, 0.1) is 0 Å². The van der Waals surface area contributed by atoms with Crippen LogP contribution < -0.4 is 21.1 Å². The number of hydrogen-bond acceptors (Lipinski definition) is 5. The molecule has 0 spiro atoms. The van der Waals surface area contributed by atoms with Crippen LogP contribution in [-0.4, -0.2) is 24.4 Å². The van der Waals surface area contributed by atoms with Crippen molar-refractivity contribution in [1.82, 2.24) is 0 Å². The largest absolute Gasteiger partial charge is 0.380 e. The third-order valence-electron chi connectivity index (χ3n) is 3.82. The van der Waals surface area contributed by atoms with Gasteiger partial charge in [0.2, 0.25) is 0 Å². The molecule has 1 aromatic carbocycles. The van der Waals surface area contributed by atoms with Gasteiger partial charge < -0.3 is 10.2 Å². The molecule has 2 rings (SSSR count). The number of piperidine rings is 1. The van der Waals surface area contributed by atoms with E-state index in [-0.39, 0.29) is 15.6 Å². The molecule has 1 N–H and O–H groups in total. The maximum Gasteiger partial charge on any atom is 0.253 e. The van der Waals surface area contributed by atoms with Crippen molar-refractivity contribution in [3.05, 3.63) is 20.4 Å². The van der Waals surface area contributed by atoms with E-state index in [0.29, 0.717) is 11.4 Å². The van der Waals surface area contributed by atoms with E-state index in [1.807, 2.05) is 0 Å². The van der Waals surface area contributed by atoms with Crippen molar-refractivity contribution in [2.75, 3.05) is 29.9 Å². The van der Waals surface area contributed by atoms with Gasteiger partial charge >= 0.3 is 0 Å². The van der Waals surface area contributed by atoms with E-state index in [0.717, 1.165) is 45.3 Å². The second kappa shape index (κ2) is 6.20. The van der Waals surface area contributed by atoms with Gasteiger partial charge in [0.15, 0.2) is 0 Å². The molecular formula is C15H24N2O2S. The van der Waals surface area contributed by atoms with Crippen molar-refractivity contribution in [3.63, 3.8) is 0 Å². The quantitative estimate of drug-likeness (QED) is 0.480. The van der Waals surface area contributed by atoms with Crippen LogP contribution in [0.5, 0.6) is 0 Å². The average molecular weight is 296 g/mol. The number of rotatable bonds is 6. The van der Waals surface area contributed by atoms with Gasteiger partial charge in [-0.25, -0.2) is 0 Å². The molecule has 0 unspecified atom stereocenters. The van der Waals surface area contributed by atoms with Gasteiger partial charge in [0.25, 0.3) is 10.9 Å². The normalized spacial score (nSPS) is 16.6. The van der Waals surface area contributed by atoms with Gasteiger partial charge in [0, 0.05) is 24.4 Å². The van der Waals surface area contributed by atoms with Gasteiger partial charge in [-0.3, -0.25) is 9.59 Å².